The van der Waals surface area contributed by atoms with Gasteiger partial charge < -0.3 is 19.5 Å². The SMILES string of the molecule is COc1cc(CNC(=O)[C@@H](C)Oc2ccccc2Cl)ccc1OC(C)C. The molecule has 0 aliphatic carbocycles. The monoisotopic (exact) mass is 377 g/mol. The van der Waals surface area contributed by atoms with Gasteiger partial charge in [-0.05, 0) is 50.6 Å². The molecule has 0 saturated heterocycles. The predicted molar refractivity (Wildman–Crippen MR) is 102 cm³/mol. The minimum Gasteiger partial charge on any atom is -0.493 e. The fourth-order valence-electron chi connectivity index (χ4n) is 2.29. The van der Waals surface area contributed by atoms with E-state index in [1.54, 1.807) is 38.3 Å². The first-order valence-corrected chi connectivity index (χ1v) is 8.81. The first-order chi connectivity index (χ1) is 12.4. The molecule has 0 aliphatic heterocycles. The van der Waals surface area contributed by atoms with Crippen molar-refractivity contribution in [1.29, 1.82) is 0 Å². The topological polar surface area (TPSA) is 56.8 Å². The van der Waals surface area contributed by atoms with Gasteiger partial charge in [0.1, 0.15) is 5.75 Å². The number of carbonyl (C=O) groups is 1. The van der Waals surface area contributed by atoms with Crippen LogP contribution in [0.1, 0.15) is 26.3 Å². The molecular weight excluding hydrogens is 354 g/mol. The molecule has 2 aromatic carbocycles. The zero-order valence-corrected chi connectivity index (χ0v) is 16.2. The van der Waals surface area contributed by atoms with Crippen molar-refractivity contribution < 1.29 is 19.0 Å². The number of amides is 1. The Hall–Kier alpha value is -2.40. The predicted octanol–water partition coefficient (Wildman–Crippen LogP) is 4.22. The maximum Gasteiger partial charge on any atom is 0.261 e. The maximum atomic E-state index is 12.3. The average Bonchev–Trinajstić information content (AvgIpc) is 2.61. The molecule has 1 N–H and O–H groups in total. The van der Waals surface area contributed by atoms with E-state index in [2.05, 4.69) is 5.32 Å². The molecule has 1 atom stereocenters. The molecular formula is C20H24ClNO4. The Kier molecular flexibility index (Phi) is 7.16. The van der Waals surface area contributed by atoms with Crippen molar-refractivity contribution in [3.63, 3.8) is 0 Å². The molecule has 0 radical (unpaired) electrons. The largest absolute Gasteiger partial charge is 0.493 e. The highest BCUT2D eigenvalue weighted by Crippen LogP contribution is 2.29. The number of benzene rings is 2. The lowest BCUT2D eigenvalue weighted by atomic mass is 10.2. The smallest absolute Gasteiger partial charge is 0.261 e. The Morgan fingerprint density at radius 1 is 1.04 bits per heavy atom. The molecule has 5 nitrogen and oxygen atoms in total. The minimum atomic E-state index is -0.666. The molecule has 0 heterocycles. The normalized spacial score (nSPS) is 11.8. The van der Waals surface area contributed by atoms with Gasteiger partial charge in [0.15, 0.2) is 17.6 Å². The van der Waals surface area contributed by atoms with Gasteiger partial charge in [-0.15, -0.1) is 0 Å². The number of ether oxygens (including phenoxy) is 3. The minimum absolute atomic E-state index is 0.0530. The van der Waals surface area contributed by atoms with E-state index >= 15 is 0 Å². The fraction of sp³-hybridized carbons (Fsp3) is 0.350. The fourth-order valence-corrected chi connectivity index (χ4v) is 2.47. The van der Waals surface area contributed by atoms with Crippen molar-refractivity contribution in [2.24, 2.45) is 0 Å². The Bertz CT molecular complexity index is 748. The summed E-state index contributed by atoms with van der Waals surface area (Å²) in [6.07, 6.45) is -0.613. The molecule has 140 valence electrons. The molecule has 0 spiro atoms. The molecule has 6 heteroatoms. The number of halogens is 1. The third-order valence-corrected chi connectivity index (χ3v) is 3.88. The van der Waals surface area contributed by atoms with E-state index in [9.17, 15) is 4.79 Å². The van der Waals surface area contributed by atoms with Crippen LogP contribution in [-0.4, -0.2) is 25.2 Å². The third kappa shape index (κ3) is 5.56. The Balaban J connectivity index is 1.95. The Morgan fingerprint density at radius 3 is 2.42 bits per heavy atom. The van der Waals surface area contributed by atoms with Crippen LogP contribution in [-0.2, 0) is 11.3 Å². The van der Waals surface area contributed by atoms with E-state index < -0.39 is 6.10 Å². The molecule has 0 aromatic heterocycles. The second-order valence-corrected chi connectivity index (χ2v) is 6.47. The molecule has 0 aliphatic rings. The molecule has 0 fully saturated rings. The van der Waals surface area contributed by atoms with E-state index in [4.69, 9.17) is 25.8 Å². The number of nitrogens with one attached hydrogen (secondary N) is 1. The number of rotatable bonds is 8. The first kappa shape index (κ1) is 19.9. The summed E-state index contributed by atoms with van der Waals surface area (Å²) in [5.74, 6) is 1.55. The summed E-state index contributed by atoms with van der Waals surface area (Å²) in [5, 5.41) is 3.32. The summed E-state index contributed by atoms with van der Waals surface area (Å²) in [4.78, 5) is 12.3. The summed E-state index contributed by atoms with van der Waals surface area (Å²) in [7, 11) is 1.59. The molecule has 0 unspecified atom stereocenters. The highest BCUT2D eigenvalue weighted by atomic mass is 35.5. The van der Waals surface area contributed by atoms with Crippen molar-refractivity contribution in [2.45, 2.75) is 39.5 Å². The van der Waals surface area contributed by atoms with E-state index in [1.165, 1.54) is 0 Å². The maximum absolute atomic E-state index is 12.3. The van der Waals surface area contributed by atoms with Crippen LogP contribution < -0.4 is 19.5 Å². The van der Waals surface area contributed by atoms with E-state index in [0.717, 1.165) is 5.56 Å². The van der Waals surface area contributed by atoms with Crippen LogP contribution in [0.5, 0.6) is 17.2 Å². The standard InChI is InChI=1S/C20H24ClNO4/c1-13(2)25-18-10-9-15(11-19(18)24-4)12-22-20(23)14(3)26-17-8-6-5-7-16(17)21/h5-11,13-14H,12H2,1-4H3,(H,22,23)/t14-/m1/s1. The van der Waals surface area contributed by atoms with Gasteiger partial charge in [-0.25, -0.2) is 0 Å². The van der Waals surface area contributed by atoms with Crippen LogP contribution in [0, 0.1) is 0 Å². The lowest BCUT2D eigenvalue weighted by Gasteiger charge is -2.17. The van der Waals surface area contributed by atoms with Gasteiger partial charge >= 0.3 is 0 Å². The van der Waals surface area contributed by atoms with E-state index in [0.29, 0.717) is 28.8 Å². The van der Waals surface area contributed by atoms with E-state index in [1.807, 2.05) is 32.0 Å². The highest BCUT2D eigenvalue weighted by molar-refractivity contribution is 6.32. The summed E-state index contributed by atoms with van der Waals surface area (Å²) < 4.78 is 16.7. The van der Waals surface area contributed by atoms with Crippen molar-refractivity contribution >= 4 is 17.5 Å². The molecule has 0 saturated carbocycles. The number of hydrogen-bond acceptors (Lipinski definition) is 4. The third-order valence-electron chi connectivity index (χ3n) is 3.57. The summed E-state index contributed by atoms with van der Waals surface area (Å²) >= 11 is 6.05. The van der Waals surface area contributed by atoms with Crippen LogP contribution in [0.25, 0.3) is 0 Å². The van der Waals surface area contributed by atoms with Crippen LogP contribution in [0.2, 0.25) is 5.02 Å². The Labute approximate surface area is 159 Å². The van der Waals surface area contributed by atoms with Crippen molar-refractivity contribution in [2.75, 3.05) is 7.11 Å². The van der Waals surface area contributed by atoms with Crippen LogP contribution in [0.4, 0.5) is 0 Å². The van der Waals surface area contributed by atoms with Gasteiger partial charge in [0, 0.05) is 6.54 Å². The summed E-state index contributed by atoms with van der Waals surface area (Å²) in [6, 6.07) is 12.6. The summed E-state index contributed by atoms with van der Waals surface area (Å²) in [6.45, 7) is 5.94. The number of para-hydroxylation sites is 1. The summed E-state index contributed by atoms with van der Waals surface area (Å²) in [5.41, 5.74) is 0.899. The van der Waals surface area contributed by atoms with Crippen molar-refractivity contribution in [1.82, 2.24) is 5.32 Å². The van der Waals surface area contributed by atoms with Crippen LogP contribution >= 0.6 is 11.6 Å². The molecule has 0 bridgehead atoms. The van der Waals surface area contributed by atoms with Gasteiger partial charge in [0.05, 0.1) is 18.2 Å². The zero-order valence-electron chi connectivity index (χ0n) is 15.4. The molecule has 1 amide bonds. The van der Waals surface area contributed by atoms with Gasteiger partial charge in [0.2, 0.25) is 0 Å². The number of hydrogen-bond donors (Lipinski definition) is 1. The Morgan fingerprint density at radius 2 is 1.77 bits per heavy atom. The lowest BCUT2D eigenvalue weighted by molar-refractivity contribution is -0.127. The first-order valence-electron chi connectivity index (χ1n) is 8.43. The quantitative estimate of drug-likeness (QED) is 0.748. The molecule has 26 heavy (non-hydrogen) atoms. The van der Waals surface area contributed by atoms with Crippen molar-refractivity contribution in [3.8, 4) is 17.2 Å². The van der Waals surface area contributed by atoms with Gasteiger partial charge in [-0.3, -0.25) is 4.79 Å². The number of carbonyl (C=O) groups excluding carboxylic acids is 1. The zero-order chi connectivity index (χ0) is 19.1. The highest BCUT2D eigenvalue weighted by Gasteiger charge is 2.16. The van der Waals surface area contributed by atoms with Gasteiger partial charge in [-0.1, -0.05) is 29.8 Å². The van der Waals surface area contributed by atoms with E-state index in [-0.39, 0.29) is 12.0 Å². The van der Waals surface area contributed by atoms with Gasteiger partial charge in [-0.2, -0.15) is 0 Å². The molecule has 2 aromatic rings. The second-order valence-electron chi connectivity index (χ2n) is 6.06. The van der Waals surface area contributed by atoms with Gasteiger partial charge in [0.25, 0.3) is 5.91 Å². The average molecular weight is 378 g/mol. The lowest BCUT2D eigenvalue weighted by Crippen LogP contribution is -2.35. The second kappa shape index (κ2) is 9.34. The molecule has 2 rings (SSSR count). The number of methoxy groups -OCH3 is 1. The van der Waals surface area contributed by atoms with Crippen molar-refractivity contribution in [3.05, 3.63) is 53.1 Å². The van der Waals surface area contributed by atoms with Crippen LogP contribution in [0.3, 0.4) is 0 Å². The van der Waals surface area contributed by atoms with Crippen LogP contribution in [0.15, 0.2) is 42.5 Å².